The van der Waals surface area contributed by atoms with E-state index in [2.05, 4.69) is 32.7 Å². The van der Waals surface area contributed by atoms with Gasteiger partial charge in [0.15, 0.2) is 0 Å². The zero-order valence-electron chi connectivity index (χ0n) is 19.3. The monoisotopic (exact) mass is 395 g/mol. The summed E-state index contributed by atoms with van der Waals surface area (Å²) in [6, 6.07) is 0. The van der Waals surface area contributed by atoms with Gasteiger partial charge in [0.2, 0.25) is 0 Å². The summed E-state index contributed by atoms with van der Waals surface area (Å²) in [4.78, 5) is 11.0. The number of hydrogen-bond acceptors (Lipinski definition) is 3. The predicted octanol–water partition coefficient (Wildman–Crippen LogP) is 7.35. The molecular weight excluding hydrogens is 346 g/mol. The van der Waals surface area contributed by atoms with Crippen molar-refractivity contribution in [3.63, 3.8) is 0 Å². The van der Waals surface area contributed by atoms with Gasteiger partial charge < -0.3 is 10.1 Å². The summed E-state index contributed by atoms with van der Waals surface area (Å²) in [5.74, 6) is -0.345. The quantitative estimate of drug-likeness (QED) is 0.125. The maximum absolute atomic E-state index is 11.0. The maximum Gasteiger partial charge on any atom is 0.330 e. The van der Waals surface area contributed by atoms with Gasteiger partial charge in [0.25, 0.3) is 0 Å². The molecule has 0 aromatic heterocycles. The number of hydrogen-bond donors (Lipinski definition) is 1. The van der Waals surface area contributed by atoms with E-state index in [9.17, 15) is 4.79 Å². The molecule has 0 fully saturated rings. The lowest BCUT2D eigenvalue weighted by Gasteiger charge is -2.26. The molecule has 0 bridgehead atoms. The van der Waals surface area contributed by atoms with E-state index in [1.54, 1.807) is 0 Å². The number of rotatable bonds is 21. The fourth-order valence-electron chi connectivity index (χ4n) is 3.63. The minimum Gasteiger partial charge on any atom is -0.461 e. The van der Waals surface area contributed by atoms with E-state index in [0.29, 0.717) is 13.2 Å². The number of nitrogens with one attached hydrogen (secondary N) is 1. The second-order valence-corrected chi connectivity index (χ2v) is 8.88. The van der Waals surface area contributed by atoms with E-state index >= 15 is 0 Å². The second kappa shape index (κ2) is 19.5. The molecule has 0 aliphatic carbocycles. The van der Waals surface area contributed by atoms with E-state index in [0.717, 1.165) is 0 Å². The first-order chi connectivity index (χ1) is 13.5. The highest BCUT2D eigenvalue weighted by Crippen LogP contribution is 2.16. The Morgan fingerprint density at radius 2 is 1.25 bits per heavy atom. The molecule has 3 nitrogen and oxygen atoms in total. The number of unbranched alkanes of at least 4 members (excludes halogenated alkanes) is 14. The van der Waals surface area contributed by atoms with Crippen LogP contribution in [0.15, 0.2) is 12.7 Å². The van der Waals surface area contributed by atoms with E-state index in [4.69, 9.17) is 4.74 Å². The molecule has 0 saturated heterocycles. The standard InChI is InChI=1S/C25H49NO2/c1-5-7-8-9-10-11-12-13-14-15-16-17-18-19-20-21-25(3,4)26-22-23-28-24(27)6-2/h6,26H,2,5,7-23H2,1,3-4H3. The van der Waals surface area contributed by atoms with Crippen LogP contribution >= 0.6 is 0 Å². The number of carbonyl (C=O) groups is 1. The zero-order valence-corrected chi connectivity index (χ0v) is 19.3. The molecule has 0 aromatic rings. The molecule has 1 N–H and O–H groups in total. The van der Waals surface area contributed by atoms with Crippen LogP contribution in [0, 0.1) is 0 Å². The van der Waals surface area contributed by atoms with Crippen LogP contribution in [0.1, 0.15) is 124 Å². The summed E-state index contributed by atoms with van der Waals surface area (Å²) in [6.45, 7) is 11.2. The Bertz CT molecular complexity index is 366. The Hall–Kier alpha value is -0.830. The molecule has 0 heterocycles. The first kappa shape index (κ1) is 27.2. The van der Waals surface area contributed by atoms with Gasteiger partial charge in [0, 0.05) is 18.2 Å². The van der Waals surface area contributed by atoms with Crippen molar-refractivity contribution in [3.8, 4) is 0 Å². The highest BCUT2D eigenvalue weighted by atomic mass is 16.5. The van der Waals surface area contributed by atoms with Gasteiger partial charge in [-0.2, -0.15) is 0 Å². The molecule has 0 rings (SSSR count). The van der Waals surface area contributed by atoms with Crippen LogP contribution in [0.2, 0.25) is 0 Å². The van der Waals surface area contributed by atoms with Gasteiger partial charge in [0.1, 0.15) is 6.61 Å². The van der Waals surface area contributed by atoms with Gasteiger partial charge in [0.05, 0.1) is 0 Å². The molecule has 28 heavy (non-hydrogen) atoms. The Kier molecular flexibility index (Phi) is 18.9. The third-order valence-electron chi connectivity index (χ3n) is 5.52. The maximum atomic E-state index is 11.0. The van der Waals surface area contributed by atoms with Crippen LogP contribution < -0.4 is 5.32 Å². The molecule has 0 aromatic carbocycles. The first-order valence-electron chi connectivity index (χ1n) is 12.1. The molecule has 0 unspecified atom stereocenters. The topological polar surface area (TPSA) is 38.3 Å². The molecule has 0 spiro atoms. The summed E-state index contributed by atoms with van der Waals surface area (Å²) in [7, 11) is 0. The molecule has 166 valence electrons. The van der Waals surface area contributed by atoms with Crippen molar-refractivity contribution in [3.05, 3.63) is 12.7 Å². The van der Waals surface area contributed by atoms with Crippen LogP contribution in [0.5, 0.6) is 0 Å². The van der Waals surface area contributed by atoms with Crippen LogP contribution in [-0.2, 0) is 9.53 Å². The Labute approximate surface area is 176 Å². The molecular formula is C25H49NO2. The van der Waals surface area contributed by atoms with E-state index in [1.807, 2.05) is 0 Å². The van der Waals surface area contributed by atoms with Gasteiger partial charge in [-0.15, -0.1) is 0 Å². The van der Waals surface area contributed by atoms with Gasteiger partial charge in [-0.3, -0.25) is 0 Å². The largest absolute Gasteiger partial charge is 0.461 e. The minimum atomic E-state index is -0.345. The number of ether oxygens (including phenoxy) is 1. The average Bonchev–Trinajstić information content (AvgIpc) is 2.68. The summed E-state index contributed by atoms with van der Waals surface area (Å²) in [6.07, 6.45) is 23.4. The average molecular weight is 396 g/mol. The first-order valence-corrected chi connectivity index (χ1v) is 12.1. The lowest BCUT2D eigenvalue weighted by molar-refractivity contribution is -0.137. The van der Waals surface area contributed by atoms with Gasteiger partial charge in [-0.05, 0) is 20.3 Å². The van der Waals surface area contributed by atoms with Crippen molar-refractivity contribution in [1.82, 2.24) is 5.32 Å². The lowest BCUT2D eigenvalue weighted by atomic mass is 9.96. The minimum absolute atomic E-state index is 0.108. The molecule has 0 aliphatic heterocycles. The molecule has 0 saturated carbocycles. The summed E-state index contributed by atoms with van der Waals surface area (Å²) < 4.78 is 5.00. The van der Waals surface area contributed by atoms with Crippen molar-refractivity contribution in [2.45, 2.75) is 129 Å². The fraction of sp³-hybridized carbons (Fsp3) is 0.880. The van der Waals surface area contributed by atoms with Crippen LogP contribution in [0.25, 0.3) is 0 Å². The summed E-state index contributed by atoms with van der Waals surface area (Å²) >= 11 is 0. The third-order valence-corrected chi connectivity index (χ3v) is 5.52. The smallest absolute Gasteiger partial charge is 0.330 e. The van der Waals surface area contributed by atoms with Crippen LogP contribution in [0.4, 0.5) is 0 Å². The predicted molar refractivity (Wildman–Crippen MR) is 123 cm³/mol. The summed E-state index contributed by atoms with van der Waals surface area (Å²) in [5.41, 5.74) is 0.108. The van der Waals surface area contributed by atoms with Crippen molar-refractivity contribution in [1.29, 1.82) is 0 Å². The molecule has 0 aliphatic rings. The fourth-order valence-corrected chi connectivity index (χ4v) is 3.63. The highest BCUT2D eigenvalue weighted by molar-refractivity contribution is 5.81. The van der Waals surface area contributed by atoms with Crippen LogP contribution in [0.3, 0.4) is 0 Å². The molecule has 3 heteroatoms. The third kappa shape index (κ3) is 19.9. The molecule has 0 amide bonds. The van der Waals surface area contributed by atoms with Gasteiger partial charge in [-0.25, -0.2) is 4.79 Å². The number of esters is 1. The van der Waals surface area contributed by atoms with Crippen molar-refractivity contribution in [2.24, 2.45) is 0 Å². The SMILES string of the molecule is C=CC(=O)OCCNC(C)(C)CCCCCCCCCCCCCCCCC. The van der Waals surface area contributed by atoms with Crippen molar-refractivity contribution in [2.75, 3.05) is 13.2 Å². The van der Waals surface area contributed by atoms with Crippen molar-refractivity contribution < 1.29 is 9.53 Å². The second-order valence-electron chi connectivity index (χ2n) is 8.88. The van der Waals surface area contributed by atoms with Crippen LogP contribution in [-0.4, -0.2) is 24.7 Å². The normalized spacial score (nSPS) is 11.5. The van der Waals surface area contributed by atoms with E-state index < -0.39 is 0 Å². The molecule has 0 atom stereocenters. The molecule has 0 radical (unpaired) electrons. The number of carbonyl (C=O) groups excluding carboxylic acids is 1. The Morgan fingerprint density at radius 3 is 1.68 bits per heavy atom. The Morgan fingerprint density at radius 1 is 0.821 bits per heavy atom. The van der Waals surface area contributed by atoms with Crippen molar-refractivity contribution >= 4 is 5.97 Å². The van der Waals surface area contributed by atoms with E-state index in [-0.39, 0.29) is 11.5 Å². The Balaban J connectivity index is 3.31. The van der Waals surface area contributed by atoms with Gasteiger partial charge >= 0.3 is 5.97 Å². The van der Waals surface area contributed by atoms with Gasteiger partial charge in [-0.1, -0.05) is 110 Å². The summed E-state index contributed by atoms with van der Waals surface area (Å²) in [5, 5.41) is 3.48. The van der Waals surface area contributed by atoms with E-state index in [1.165, 1.54) is 109 Å². The zero-order chi connectivity index (χ0) is 20.9. The highest BCUT2D eigenvalue weighted by Gasteiger charge is 2.15. The lowest BCUT2D eigenvalue weighted by Crippen LogP contribution is -2.41.